The van der Waals surface area contributed by atoms with Crippen molar-refractivity contribution in [1.29, 1.82) is 0 Å². The first kappa shape index (κ1) is 9.38. The van der Waals surface area contributed by atoms with Crippen molar-refractivity contribution >= 4 is 21.6 Å². The van der Waals surface area contributed by atoms with Gasteiger partial charge in [-0.25, -0.2) is 13.8 Å². The molecular formula is C7H7BrF2N2. The summed E-state index contributed by atoms with van der Waals surface area (Å²) in [6.45, 7) is 1.55. The van der Waals surface area contributed by atoms with Crippen LogP contribution in [0.5, 0.6) is 0 Å². The van der Waals surface area contributed by atoms with Crippen molar-refractivity contribution < 1.29 is 8.78 Å². The van der Waals surface area contributed by atoms with Gasteiger partial charge in [0.15, 0.2) is 0 Å². The minimum atomic E-state index is -2.55. The maximum absolute atomic E-state index is 12.3. The molecule has 2 nitrogen and oxygen atoms in total. The largest absolute Gasteiger partial charge is 0.396 e. The van der Waals surface area contributed by atoms with Crippen LogP contribution in [0.15, 0.2) is 10.8 Å². The zero-order valence-electron chi connectivity index (χ0n) is 6.31. The van der Waals surface area contributed by atoms with E-state index in [0.29, 0.717) is 5.56 Å². The van der Waals surface area contributed by atoms with Crippen molar-refractivity contribution in [2.75, 3.05) is 5.73 Å². The number of aryl methyl sites for hydroxylation is 1. The average Bonchev–Trinajstić information content (AvgIpc) is 1.97. The fourth-order valence-electron chi connectivity index (χ4n) is 0.906. The van der Waals surface area contributed by atoms with Crippen LogP contribution in [0.1, 0.15) is 17.6 Å². The zero-order valence-corrected chi connectivity index (χ0v) is 7.90. The molecule has 1 rings (SSSR count). The molecular weight excluding hydrogens is 230 g/mol. The molecule has 66 valence electrons. The van der Waals surface area contributed by atoms with Crippen LogP contribution in [0, 0.1) is 6.92 Å². The third kappa shape index (κ3) is 1.55. The lowest BCUT2D eigenvalue weighted by Gasteiger charge is -2.08. The van der Waals surface area contributed by atoms with E-state index in [1.54, 1.807) is 6.92 Å². The van der Waals surface area contributed by atoms with Crippen LogP contribution in [-0.2, 0) is 0 Å². The number of aromatic nitrogens is 1. The van der Waals surface area contributed by atoms with Crippen molar-refractivity contribution in [3.63, 3.8) is 0 Å². The first-order chi connectivity index (χ1) is 5.54. The second-order valence-corrected chi connectivity index (χ2v) is 3.11. The minimum Gasteiger partial charge on any atom is -0.396 e. The number of nitrogens with zero attached hydrogens (tertiary/aromatic N) is 1. The van der Waals surface area contributed by atoms with Gasteiger partial charge in [0, 0.05) is 11.8 Å². The van der Waals surface area contributed by atoms with Crippen LogP contribution in [0.4, 0.5) is 14.5 Å². The highest BCUT2D eigenvalue weighted by atomic mass is 79.9. The molecule has 0 aliphatic carbocycles. The van der Waals surface area contributed by atoms with E-state index in [2.05, 4.69) is 20.9 Å². The maximum Gasteiger partial charge on any atom is 0.266 e. The molecule has 12 heavy (non-hydrogen) atoms. The summed E-state index contributed by atoms with van der Waals surface area (Å²) < 4.78 is 24.9. The summed E-state index contributed by atoms with van der Waals surface area (Å²) in [5, 5.41) is 0. The lowest BCUT2D eigenvalue weighted by atomic mass is 10.1. The predicted molar refractivity (Wildman–Crippen MR) is 46.0 cm³/mol. The van der Waals surface area contributed by atoms with Gasteiger partial charge in [-0.3, -0.25) is 0 Å². The number of alkyl halides is 2. The van der Waals surface area contributed by atoms with E-state index in [4.69, 9.17) is 5.73 Å². The predicted octanol–water partition coefficient (Wildman–Crippen LogP) is 2.67. The molecule has 2 N–H and O–H groups in total. The Balaban J connectivity index is 3.33. The van der Waals surface area contributed by atoms with Gasteiger partial charge in [0.1, 0.15) is 4.60 Å². The molecule has 0 aromatic carbocycles. The molecule has 5 heteroatoms. The molecule has 1 aromatic rings. The summed E-state index contributed by atoms with van der Waals surface area (Å²) in [6.07, 6.45) is -1.19. The lowest BCUT2D eigenvalue weighted by Crippen LogP contribution is -2.00. The molecule has 0 amide bonds. The van der Waals surface area contributed by atoms with Gasteiger partial charge in [-0.1, -0.05) is 0 Å². The SMILES string of the molecule is Cc1cnc(Br)c(N)c1C(F)F. The molecule has 0 fully saturated rings. The molecule has 0 spiro atoms. The Morgan fingerprint density at radius 1 is 1.58 bits per heavy atom. The van der Waals surface area contributed by atoms with Gasteiger partial charge in [-0.05, 0) is 28.4 Å². The highest BCUT2D eigenvalue weighted by molar-refractivity contribution is 9.10. The summed E-state index contributed by atoms with van der Waals surface area (Å²) in [6, 6.07) is 0. The van der Waals surface area contributed by atoms with Gasteiger partial charge < -0.3 is 5.73 Å². The first-order valence-corrected chi connectivity index (χ1v) is 4.02. The highest BCUT2D eigenvalue weighted by Crippen LogP contribution is 2.31. The molecule has 0 saturated carbocycles. The second-order valence-electron chi connectivity index (χ2n) is 2.36. The van der Waals surface area contributed by atoms with Crippen LogP contribution in [0.2, 0.25) is 0 Å². The molecule has 0 saturated heterocycles. The summed E-state index contributed by atoms with van der Waals surface area (Å²) in [5.41, 5.74) is 5.68. The summed E-state index contributed by atoms with van der Waals surface area (Å²) in [7, 11) is 0. The molecule has 0 aliphatic heterocycles. The first-order valence-electron chi connectivity index (χ1n) is 3.22. The maximum atomic E-state index is 12.3. The number of anilines is 1. The van der Waals surface area contributed by atoms with E-state index in [1.165, 1.54) is 6.20 Å². The molecule has 0 radical (unpaired) electrons. The number of nitrogens with two attached hydrogens (primary N) is 1. The van der Waals surface area contributed by atoms with Crippen LogP contribution in [-0.4, -0.2) is 4.98 Å². The van der Waals surface area contributed by atoms with Crippen LogP contribution < -0.4 is 5.73 Å². The normalized spacial score (nSPS) is 10.8. The number of rotatable bonds is 1. The van der Waals surface area contributed by atoms with Crippen molar-refractivity contribution in [1.82, 2.24) is 4.98 Å². The lowest BCUT2D eigenvalue weighted by molar-refractivity contribution is 0.151. The van der Waals surface area contributed by atoms with E-state index < -0.39 is 6.43 Å². The van der Waals surface area contributed by atoms with Crippen LogP contribution >= 0.6 is 15.9 Å². The number of pyridine rings is 1. The fraction of sp³-hybridized carbons (Fsp3) is 0.286. The Morgan fingerprint density at radius 3 is 2.58 bits per heavy atom. The molecule has 1 heterocycles. The van der Waals surface area contributed by atoms with E-state index in [9.17, 15) is 8.78 Å². The van der Waals surface area contributed by atoms with E-state index in [-0.39, 0.29) is 15.9 Å². The third-order valence-electron chi connectivity index (χ3n) is 1.53. The number of nitrogen functional groups attached to an aromatic ring is 1. The monoisotopic (exact) mass is 236 g/mol. The Morgan fingerprint density at radius 2 is 2.17 bits per heavy atom. The van der Waals surface area contributed by atoms with E-state index >= 15 is 0 Å². The van der Waals surface area contributed by atoms with Crippen molar-refractivity contribution in [3.05, 3.63) is 21.9 Å². The molecule has 0 aliphatic rings. The second kappa shape index (κ2) is 3.35. The molecule has 0 unspecified atom stereocenters. The summed E-state index contributed by atoms with van der Waals surface area (Å²) in [4.78, 5) is 3.78. The van der Waals surface area contributed by atoms with Gasteiger partial charge in [0.2, 0.25) is 0 Å². The fourth-order valence-corrected chi connectivity index (χ4v) is 1.22. The topological polar surface area (TPSA) is 38.9 Å². The number of hydrogen-bond acceptors (Lipinski definition) is 2. The smallest absolute Gasteiger partial charge is 0.266 e. The van der Waals surface area contributed by atoms with E-state index in [0.717, 1.165) is 0 Å². The third-order valence-corrected chi connectivity index (χ3v) is 2.16. The average molecular weight is 237 g/mol. The number of halogens is 3. The Bertz CT molecular complexity index is 302. The molecule has 0 atom stereocenters. The van der Waals surface area contributed by atoms with Crippen molar-refractivity contribution in [2.24, 2.45) is 0 Å². The van der Waals surface area contributed by atoms with Crippen LogP contribution in [0.25, 0.3) is 0 Å². The van der Waals surface area contributed by atoms with Crippen molar-refractivity contribution in [2.45, 2.75) is 13.3 Å². The highest BCUT2D eigenvalue weighted by Gasteiger charge is 2.16. The Labute approximate surface area is 76.9 Å². The van der Waals surface area contributed by atoms with Gasteiger partial charge in [0.05, 0.1) is 5.69 Å². The summed E-state index contributed by atoms with van der Waals surface area (Å²) >= 11 is 2.98. The number of hydrogen-bond donors (Lipinski definition) is 1. The Kier molecular flexibility index (Phi) is 2.62. The standard InChI is InChI=1S/C7H7BrF2N2/c1-3-2-12-6(8)5(11)4(3)7(9)10/h2,7H,11H2,1H3. The van der Waals surface area contributed by atoms with Gasteiger partial charge in [-0.2, -0.15) is 0 Å². The zero-order chi connectivity index (χ0) is 9.30. The van der Waals surface area contributed by atoms with Crippen molar-refractivity contribution in [3.8, 4) is 0 Å². The molecule has 0 bridgehead atoms. The molecule has 1 aromatic heterocycles. The van der Waals surface area contributed by atoms with Gasteiger partial charge in [-0.15, -0.1) is 0 Å². The van der Waals surface area contributed by atoms with Gasteiger partial charge in [0.25, 0.3) is 6.43 Å². The van der Waals surface area contributed by atoms with Crippen LogP contribution in [0.3, 0.4) is 0 Å². The minimum absolute atomic E-state index is 0.0185. The summed E-state index contributed by atoms with van der Waals surface area (Å²) in [5.74, 6) is 0. The van der Waals surface area contributed by atoms with Gasteiger partial charge >= 0.3 is 0 Å². The Hall–Kier alpha value is -0.710. The quantitative estimate of drug-likeness (QED) is 0.762. The van der Waals surface area contributed by atoms with E-state index in [1.807, 2.05) is 0 Å².